The van der Waals surface area contributed by atoms with Crippen molar-refractivity contribution >= 4 is 11.8 Å². The fraction of sp³-hybridized carbons (Fsp3) is 0.333. The number of cyclic esters (lactones) is 1. The van der Waals surface area contributed by atoms with Gasteiger partial charge in [-0.25, -0.2) is 0 Å². The first-order valence-corrected chi connectivity index (χ1v) is 8.92. The summed E-state index contributed by atoms with van der Waals surface area (Å²) in [5.74, 6) is 0.698. The topological polar surface area (TPSA) is 80.3 Å². The predicted octanol–water partition coefficient (Wildman–Crippen LogP) is 2.65. The summed E-state index contributed by atoms with van der Waals surface area (Å²) in [5, 5.41) is 0. The van der Waals surface area contributed by atoms with Crippen LogP contribution in [0.25, 0.3) is 0 Å². The second kappa shape index (κ2) is 7.42. The summed E-state index contributed by atoms with van der Waals surface area (Å²) >= 11 is 0. The van der Waals surface area contributed by atoms with Gasteiger partial charge in [0.05, 0.1) is 26.1 Å². The van der Waals surface area contributed by atoms with Crippen molar-refractivity contribution in [2.75, 3.05) is 27.6 Å². The van der Waals surface area contributed by atoms with Gasteiger partial charge in [-0.3, -0.25) is 9.59 Å². The first-order valence-electron chi connectivity index (χ1n) is 8.92. The van der Waals surface area contributed by atoms with E-state index in [0.717, 1.165) is 5.56 Å². The van der Waals surface area contributed by atoms with Gasteiger partial charge in [0, 0.05) is 5.56 Å². The lowest BCUT2D eigenvalue weighted by Crippen LogP contribution is -2.26. The molecule has 1 fully saturated rings. The second-order valence-electron chi connectivity index (χ2n) is 6.67. The molecule has 0 N–H and O–H groups in total. The summed E-state index contributed by atoms with van der Waals surface area (Å²) in [5.41, 5.74) is 1.34. The quantitative estimate of drug-likeness (QED) is 0.559. The van der Waals surface area contributed by atoms with Crippen LogP contribution in [0.5, 0.6) is 23.0 Å². The molecule has 2 aromatic rings. The van der Waals surface area contributed by atoms with Crippen LogP contribution in [-0.2, 0) is 16.0 Å². The zero-order chi connectivity index (χ0) is 19.7. The van der Waals surface area contributed by atoms with E-state index >= 15 is 0 Å². The Hall–Kier alpha value is -3.22. The third-order valence-corrected chi connectivity index (χ3v) is 5.09. The first kappa shape index (κ1) is 18.2. The van der Waals surface area contributed by atoms with Crippen LogP contribution in [0.15, 0.2) is 36.4 Å². The maximum Gasteiger partial charge on any atom is 0.310 e. The molecule has 4 rings (SSSR count). The molecule has 146 valence electrons. The third kappa shape index (κ3) is 3.24. The Morgan fingerprint density at radius 2 is 1.79 bits per heavy atom. The summed E-state index contributed by atoms with van der Waals surface area (Å²) < 4.78 is 26.4. The molecule has 0 amide bonds. The molecule has 28 heavy (non-hydrogen) atoms. The minimum Gasteiger partial charge on any atom is -0.493 e. The molecule has 2 atom stereocenters. The van der Waals surface area contributed by atoms with Crippen LogP contribution in [0, 0.1) is 11.8 Å². The molecule has 1 saturated heterocycles. The van der Waals surface area contributed by atoms with Gasteiger partial charge in [0.2, 0.25) is 6.79 Å². The smallest absolute Gasteiger partial charge is 0.310 e. The minimum atomic E-state index is -0.559. The largest absolute Gasteiger partial charge is 0.493 e. The molecule has 0 aromatic heterocycles. The van der Waals surface area contributed by atoms with Gasteiger partial charge in [-0.2, -0.15) is 0 Å². The van der Waals surface area contributed by atoms with Crippen LogP contribution in [0.3, 0.4) is 0 Å². The van der Waals surface area contributed by atoms with E-state index in [1.165, 1.54) is 0 Å². The number of methoxy groups -OCH3 is 2. The van der Waals surface area contributed by atoms with Crippen molar-refractivity contribution in [3.05, 3.63) is 47.5 Å². The molecular weight excluding hydrogens is 364 g/mol. The van der Waals surface area contributed by atoms with Crippen molar-refractivity contribution < 1.29 is 33.3 Å². The number of carbonyl (C=O) groups excluding carboxylic acids is 2. The normalized spacial score (nSPS) is 20.0. The predicted molar refractivity (Wildman–Crippen MR) is 98.1 cm³/mol. The molecule has 0 bridgehead atoms. The minimum absolute atomic E-state index is 0.0735. The molecule has 0 unspecified atom stereocenters. The zero-order valence-corrected chi connectivity index (χ0v) is 15.6. The molecule has 2 aliphatic heterocycles. The fourth-order valence-electron chi connectivity index (χ4n) is 3.57. The number of benzene rings is 2. The standard InChI is InChI=1S/C21H20O7/c1-24-16-5-3-12(8-18(16)25-2)7-14-15(10-26-21(14)23)20(22)13-4-6-17-19(9-13)28-11-27-17/h3-6,8-9,14-15H,7,10-11H2,1-2H3/t14-,15+/m0/s1. The van der Waals surface area contributed by atoms with Crippen molar-refractivity contribution in [2.24, 2.45) is 11.8 Å². The van der Waals surface area contributed by atoms with E-state index in [0.29, 0.717) is 35.0 Å². The third-order valence-electron chi connectivity index (χ3n) is 5.09. The molecule has 0 saturated carbocycles. The van der Waals surface area contributed by atoms with Gasteiger partial charge in [-0.05, 0) is 42.3 Å². The molecule has 2 aliphatic rings. The van der Waals surface area contributed by atoms with Crippen LogP contribution in [0.1, 0.15) is 15.9 Å². The Morgan fingerprint density at radius 3 is 2.57 bits per heavy atom. The number of rotatable bonds is 6. The van der Waals surface area contributed by atoms with E-state index in [-0.39, 0.29) is 25.2 Å². The molecule has 2 heterocycles. The van der Waals surface area contributed by atoms with E-state index in [1.54, 1.807) is 38.5 Å². The maximum absolute atomic E-state index is 13.0. The van der Waals surface area contributed by atoms with Crippen LogP contribution in [0.2, 0.25) is 0 Å². The average Bonchev–Trinajstić information content (AvgIpc) is 3.33. The van der Waals surface area contributed by atoms with Gasteiger partial charge >= 0.3 is 5.97 Å². The van der Waals surface area contributed by atoms with Crippen LogP contribution in [-0.4, -0.2) is 39.4 Å². The summed E-state index contributed by atoms with van der Waals surface area (Å²) in [6.07, 6.45) is 0.375. The van der Waals surface area contributed by atoms with Gasteiger partial charge in [0.15, 0.2) is 28.8 Å². The number of fused-ring (bicyclic) bond motifs is 1. The SMILES string of the molecule is COc1ccc(C[C@@H]2C(=O)OC[C@H]2C(=O)c2ccc3c(c2)OCO3)cc1OC. The van der Waals surface area contributed by atoms with E-state index in [9.17, 15) is 9.59 Å². The van der Waals surface area contributed by atoms with Gasteiger partial charge in [-0.1, -0.05) is 6.07 Å². The highest BCUT2D eigenvalue weighted by Gasteiger charge is 2.42. The molecular formula is C21H20O7. The Balaban J connectivity index is 1.56. The monoisotopic (exact) mass is 384 g/mol. The Morgan fingerprint density at radius 1 is 1.00 bits per heavy atom. The van der Waals surface area contributed by atoms with Gasteiger partial charge < -0.3 is 23.7 Å². The van der Waals surface area contributed by atoms with Crippen LogP contribution >= 0.6 is 0 Å². The number of carbonyl (C=O) groups is 2. The van der Waals surface area contributed by atoms with Gasteiger partial charge in [0.1, 0.15) is 6.61 Å². The second-order valence-corrected chi connectivity index (χ2v) is 6.67. The van der Waals surface area contributed by atoms with Crippen molar-refractivity contribution in [2.45, 2.75) is 6.42 Å². The van der Waals surface area contributed by atoms with Crippen molar-refractivity contribution in [1.29, 1.82) is 0 Å². The average molecular weight is 384 g/mol. The first-order chi connectivity index (χ1) is 13.6. The number of ether oxygens (including phenoxy) is 5. The summed E-state index contributed by atoms with van der Waals surface area (Å²) in [6, 6.07) is 10.5. The molecule has 0 aliphatic carbocycles. The maximum atomic E-state index is 13.0. The number of Topliss-reactive ketones (excluding diaryl/α,β-unsaturated/α-hetero) is 1. The molecule has 2 aromatic carbocycles. The van der Waals surface area contributed by atoms with E-state index in [1.807, 2.05) is 12.1 Å². The molecule has 0 spiro atoms. The Kier molecular flexibility index (Phi) is 4.81. The van der Waals surface area contributed by atoms with Crippen LogP contribution < -0.4 is 18.9 Å². The number of hydrogen-bond acceptors (Lipinski definition) is 7. The lowest BCUT2D eigenvalue weighted by Gasteiger charge is -2.16. The zero-order valence-electron chi connectivity index (χ0n) is 15.6. The van der Waals surface area contributed by atoms with E-state index in [4.69, 9.17) is 23.7 Å². The lowest BCUT2D eigenvalue weighted by atomic mass is 9.84. The van der Waals surface area contributed by atoms with Gasteiger partial charge in [0.25, 0.3) is 0 Å². The highest BCUT2D eigenvalue weighted by Crippen LogP contribution is 2.36. The molecule has 7 heteroatoms. The van der Waals surface area contributed by atoms with E-state index in [2.05, 4.69) is 0 Å². The lowest BCUT2D eigenvalue weighted by molar-refractivity contribution is -0.141. The fourth-order valence-corrected chi connectivity index (χ4v) is 3.57. The van der Waals surface area contributed by atoms with Gasteiger partial charge in [-0.15, -0.1) is 0 Å². The van der Waals surface area contributed by atoms with E-state index < -0.39 is 11.8 Å². The highest BCUT2D eigenvalue weighted by atomic mass is 16.7. The molecule has 7 nitrogen and oxygen atoms in total. The summed E-state index contributed by atoms with van der Waals surface area (Å²) in [6.45, 7) is 0.212. The van der Waals surface area contributed by atoms with Crippen molar-refractivity contribution in [1.82, 2.24) is 0 Å². The Bertz CT molecular complexity index is 921. The summed E-state index contributed by atoms with van der Waals surface area (Å²) in [7, 11) is 3.11. The molecule has 0 radical (unpaired) electrons. The summed E-state index contributed by atoms with van der Waals surface area (Å²) in [4.78, 5) is 25.4. The highest BCUT2D eigenvalue weighted by molar-refractivity contribution is 6.01. The number of hydrogen-bond donors (Lipinski definition) is 0. The number of esters is 1. The number of ketones is 1. The van der Waals surface area contributed by atoms with Crippen molar-refractivity contribution in [3.8, 4) is 23.0 Å². The Labute approximate surface area is 162 Å². The van der Waals surface area contributed by atoms with Crippen molar-refractivity contribution in [3.63, 3.8) is 0 Å². The van der Waals surface area contributed by atoms with Crippen LogP contribution in [0.4, 0.5) is 0 Å².